The summed E-state index contributed by atoms with van der Waals surface area (Å²) < 4.78 is 0. The van der Waals surface area contributed by atoms with Crippen LogP contribution in [0.2, 0.25) is 5.02 Å². The molecular formula is C14H17ClN2O3. The first-order valence-corrected chi connectivity index (χ1v) is 6.92. The molecule has 108 valence electrons. The fourth-order valence-electron chi connectivity index (χ4n) is 2.38. The lowest BCUT2D eigenvalue weighted by Gasteiger charge is -2.27. The van der Waals surface area contributed by atoms with Crippen LogP contribution in [-0.4, -0.2) is 29.6 Å². The van der Waals surface area contributed by atoms with E-state index in [1.807, 2.05) is 6.92 Å². The first-order chi connectivity index (χ1) is 9.47. The number of halogens is 1. The number of piperidine rings is 1. The maximum atomic E-state index is 12.2. The minimum absolute atomic E-state index is 0.0110. The van der Waals surface area contributed by atoms with Crippen molar-refractivity contribution in [2.75, 3.05) is 11.9 Å². The molecule has 0 aliphatic carbocycles. The molecule has 20 heavy (non-hydrogen) atoms. The molecular weight excluding hydrogens is 280 g/mol. The highest BCUT2D eigenvalue weighted by Gasteiger charge is 2.24. The van der Waals surface area contributed by atoms with E-state index in [2.05, 4.69) is 10.6 Å². The Hall–Kier alpha value is -1.59. The highest BCUT2D eigenvalue weighted by molar-refractivity contribution is 6.33. The van der Waals surface area contributed by atoms with Crippen molar-refractivity contribution in [3.63, 3.8) is 0 Å². The average Bonchev–Trinajstić information content (AvgIpc) is 2.40. The minimum atomic E-state index is -1.11. The van der Waals surface area contributed by atoms with Gasteiger partial charge < -0.3 is 15.7 Å². The van der Waals surface area contributed by atoms with Crippen LogP contribution in [0.15, 0.2) is 18.2 Å². The summed E-state index contributed by atoms with van der Waals surface area (Å²) in [5.41, 5.74) is 0.450. The van der Waals surface area contributed by atoms with Crippen LogP contribution in [0, 0.1) is 5.92 Å². The van der Waals surface area contributed by atoms with Gasteiger partial charge in [-0.2, -0.15) is 0 Å². The summed E-state index contributed by atoms with van der Waals surface area (Å²) in [5, 5.41) is 15.2. The molecule has 0 aromatic heterocycles. The largest absolute Gasteiger partial charge is 0.478 e. The van der Waals surface area contributed by atoms with Crippen LogP contribution in [0.25, 0.3) is 0 Å². The first kappa shape index (κ1) is 14.8. The van der Waals surface area contributed by atoms with Crippen LogP contribution < -0.4 is 10.6 Å². The monoisotopic (exact) mass is 296 g/mol. The van der Waals surface area contributed by atoms with Crippen molar-refractivity contribution >= 4 is 29.2 Å². The molecule has 0 saturated carbocycles. The fraction of sp³-hybridized carbons (Fsp3) is 0.429. The van der Waals surface area contributed by atoms with Crippen LogP contribution >= 0.6 is 11.6 Å². The number of anilines is 1. The maximum Gasteiger partial charge on any atom is 0.337 e. The lowest BCUT2D eigenvalue weighted by Crippen LogP contribution is -2.40. The fourth-order valence-corrected chi connectivity index (χ4v) is 2.58. The molecule has 1 aromatic rings. The number of hydrogen-bond donors (Lipinski definition) is 3. The molecule has 6 heteroatoms. The van der Waals surface area contributed by atoms with Crippen molar-refractivity contribution in [1.82, 2.24) is 5.32 Å². The Morgan fingerprint density at radius 3 is 2.85 bits per heavy atom. The zero-order valence-electron chi connectivity index (χ0n) is 11.1. The number of benzene rings is 1. The summed E-state index contributed by atoms with van der Waals surface area (Å²) in [6.07, 6.45) is 1.57. The topological polar surface area (TPSA) is 78.4 Å². The van der Waals surface area contributed by atoms with Gasteiger partial charge in [-0.3, -0.25) is 4.79 Å². The summed E-state index contributed by atoms with van der Waals surface area (Å²) in [4.78, 5) is 23.2. The standard InChI is InChI=1S/C14H17ClN2O3/c1-8-6-9(4-5-16-8)13(18)17-10-2-3-12(15)11(7-10)14(19)20/h2-3,7-9,16H,4-6H2,1H3,(H,17,18)(H,19,20). The van der Waals surface area contributed by atoms with E-state index >= 15 is 0 Å². The molecule has 1 amide bonds. The number of amides is 1. The van der Waals surface area contributed by atoms with Gasteiger partial charge in [0.15, 0.2) is 0 Å². The van der Waals surface area contributed by atoms with Crippen molar-refractivity contribution in [3.05, 3.63) is 28.8 Å². The lowest BCUT2D eigenvalue weighted by atomic mass is 9.92. The zero-order chi connectivity index (χ0) is 14.7. The predicted molar refractivity (Wildman–Crippen MR) is 77.2 cm³/mol. The molecule has 1 aliphatic heterocycles. The summed E-state index contributed by atoms with van der Waals surface area (Å²) in [5.74, 6) is -1.23. The third-order valence-corrected chi connectivity index (χ3v) is 3.79. The van der Waals surface area contributed by atoms with Crippen molar-refractivity contribution in [1.29, 1.82) is 0 Å². The van der Waals surface area contributed by atoms with E-state index in [1.165, 1.54) is 12.1 Å². The van der Waals surface area contributed by atoms with Crippen molar-refractivity contribution in [2.45, 2.75) is 25.8 Å². The van der Waals surface area contributed by atoms with Crippen molar-refractivity contribution < 1.29 is 14.7 Å². The Balaban J connectivity index is 2.07. The van der Waals surface area contributed by atoms with Gasteiger partial charge in [-0.05, 0) is 44.5 Å². The molecule has 5 nitrogen and oxygen atoms in total. The molecule has 0 radical (unpaired) electrons. The molecule has 1 heterocycles. The van der Waals surface area contributed by atoms with E-state index in [0.717, 1.165) is 19.4 Å². The second-order valence-electron chi connectivity index (χ2n) is 5.07. The summed E-state index contributed by atoms with van der Waals surface area (Å²) in [6.45, 7) is 2.87. The van der Waals surface area contributed by atoms with E-state index in [9.17, 15) is 9.59 Å². The molecule has 0 spiro atoms. The highest BCUT2D eigenvalue weighted by atomic mass is 35.5. The van der Waals surface area contributed by atoms with Crippen LogP contribution in [0.5, 0.6) is 0 Å². The minimum Gasteiger partial charge on any atom is -0.478 e. The van der Waals surface area contributed by atoms with Crippen molar-refractivity contribution in [3.8, 4) is 0 Å². The smallest absolute Gasteiger partial charge is 0.337 e. The van der Waals surface area contributed by atoms with Crippen LogP contribution in [0.3, 0.4) is 0 Å². The lowest BCUT2D eigenvalue weighted by molar-refractivity contribution is -0.120. The van der Waals surface area contributed by atoms with E-state index in [0.29, 0.717) is 11.7 Å². The molecule has 3 N–H and O–H groups in total. The van der Waals surface area contributed by atoms with Gasteiger partial charge >= 0.3 is 5.97 Å². The Morgan fingerprint density at radius 2 is 2.20 bits per heavy atom. The SMILES string of the molecule is CC1CC(C(=O)Nc2ccc(Cl)c(C(=O)O)c2)CCN1. The van der Waals surface area contributed by atoms with Gasteiger partial charge in [0.2, 0.25) is 5.91 Å². The maximum absolute atomic E-state index is 12.2. The Bertz CT molecular complexity index is 533. The number of carboxylic acid groups (broad SMARTS) is 1. The molecule has 1 aliphatic rings. The predicted octanol–water partition coefficient (Wildman–Crippen LogP) is 2.36. The number of carboxylic acids is 1. The summed E-state index contributed by atoms with van der Waals surface area (Å²) in [7, 11) is 0. The van der Waals surface area contributed by atoms with Gasteiger partial charge in [0.05, 0.1) is 10.6 Å². The summed E-state index contributed by atoms with van der Waals surface area (Å²) in [6, 6.07) is 4.79. The van der Waals surface area contributed by atoms with Crippen molar-refractivity contribution in [2.24, 2.45) is 5.92 Å². The normalized spacial score (nSPS) is 22.3. The Morgan fingerprint density at radius 1 is 1.45 bits per heavy atom. The van der Waals surface area contributed by atoms with Gasteiger partial charge in [0.25, 0.3) is 0 Å². The highest BCUT2D eigenvalue weighted by Crippen LogP contribution is 2.23. The summed E-state index contributed by atoms with van der Waals surface area (Å²) >= 11 is 5.79. The van der Waals surface area contributed by atoms with Gasteiger partial charge in [-0.1, -0.05) is 11.6 Å². The van der Waals surface area contributed by atoms with Crippen LogP contribution in [0.1, 0.15) is 30.1 Å². The Kier molecular flexibility index (Phi) is 4.62. The second kappa shape index (κ2) is 6.24. The van der Waals surface area contributed by atoms with E-state index < -0.39 is 5.97 Å². The zero-order valence-corrected chi connectivity index (χ0v) is 11.9. The molecule has 2 unspecified atom stereocenters. The van der Waals surface area contributed by atoms with E-state index in [-0.39, 0.29) is 22.4 Å². The number of rotatable bonds is 3. The average molecular weight is 297 g/mol. The van der Waals surface area contributed by atoms with Gasteiger partial charge in [0, 0.05) is 17.6 Å². The Labute approximate surface area is 122 Å². The van der Waals surface area contributed by atoms with Crippen LogP contribution in [0.4, 0.5) is 5.69 Å². The van der Waals surface area contributed by atoms with Gasteiger partial charge in [0.1, 0.15) is 0 Å². The number of carbonyl (C=O) groups is 2. The molecule has 1 fully saturated rings. The third-order valence-electron chi connectivity index (χ3n) is 3.46. The molecule has 0 bridgehead atoms. The number of hydrogen-bond acceptors (Lipinski definition) is 3. The second-order valence-corrected chi connectivity index (χ2v) is 5.47. The third kappa shape index (κ3) is 3.49. The number of aromatic carboxylic acids is 1. The first-order valence-electron chi connectivity index (χ1n) is 6.54. The van der Waals surface area contributed by atoms with E-state index in [1.54, 1.807) is 6.07 Å². The quantitative estimate of drug-likeness (QED) is 0.800. The van der Waals surface area contributed by atoms with E-state index in [4.69, 9.17) is 16.7 Å². The molecule has 2 atom stereocenters. The molecule has 1 saturated heterocycles. The van der Waals surface area contributed by atoms with Gasteiger partial charge in [-0.15, -0.1) is 0 Å². The molecule has 2 rings (SSSR count). The van der Waals surface area contributed by atoms with Gasteiger partial charge in [-0.25, -0.2) is 4.79 Å². The number of carbonyl (C=O) groups excluding carboxylic acids is 1. The molecule has 1 aromatic carbocycles. The number of nitrogens with one attached hydrogen (secondary N) is 2. The van der Waals surface area contributed by atoms with Crippen LogP contribution in [-0.2, 0) is 4.79 Å².